The molecule has 1 amide bonds. The number of thioether (sulfide) groups is 1. The molecular formula is C22H23F2N3O2S. The van der Waals surface area contributed by atoms with Gasteiger partial charge in [0.1, 0.15) is 22.4 Å². The predicted octanol–water partition coefficient (Wildman–Crippen LogP) is 4.04. The number of amides is 1. The predicted molar refractivity (Wildman–Crippen MR) is 113 cm³/mol. The Labute approximate surface area is 178 Å². The van der Waals surface area contributed by atoms with Crippen molar-refractivity contribution in [3.05, 3.63) is 65.2 Å². The molecule has 0 aromatic heterocycles. The lowest BCUT2D eigenvalue weighted by atomic mass is 9.86. The molecule has 2 aromatic carbocycles. The summed E-state index contributed by atoms with van der Waals surface area (Å²) in [6.07, 6.45) is 0.743. The summed E-state index contributed by atoms with van der Waals surface area (Å²) in [5.41, 5.74) is 0.870. The second kappa shape index (κ2) is 8.00. The maximum atomic E-state index is 14.6. The number of hydrogen-bond acceptors (Lipinski definition) is 5. The Bertz CT molecular complexity index is 1010. The summed E-state index contributed by atoms with van der Waals surface area (Å²) in [6.45, 7) is 2.63. The summed E-state index contributed by atoms with van der Waals surface area (Å²) in [5, 5.41) is 6.22. The lowest BCUT2D eigenvalue weighted by Gasteiger charge is -2.45. The van der Waals surface area contributed by atoms with E-state index in [9.17, 15) is 13.6 Å². The number of halogens is 2. The van der Waals surface area contributed by atoms with Gasteiger partial charge in [-0.25, -0.2) is 13.8 Å². The molecule has 0 N–H and O–H groups in total. The van der Waals surface area contributed by atoms with E-state index in [2.05, 4.69) is 10.0 Å². The van der Waals surface area contributed by atoms with Gasteiger partial charge >= 0.3 is 0 Å². The second-order valence-electron chi connectivity index (χ2n) is 7.75. The minimum atomic E-state index is -0.884. The minimum Gasteiger partial charge on any atom is -0.493 e. The maximum absolute atomic E-state index is 14.6. The quantitative estimate of drug-likeness (QED) is 0.733. The molecule has 5 nitrogen and oxygen atoms in total. The van der Waals surface area contributed by atoms with E-state index in [0.29, 0.717) is 12.4 Å². The normalized spacial score (nSPS) is 22.8. The van der Waals surface area contributed by atoms with Gasteiger partial charge in [0.25, 0.3) is 0 Å². The molecule has 2 atom stereocenters. The summed E-state index contributed by atoms with van der Waals surface area (Å²) < 4.78 is 34.4. The van der Waals surface area contributed by atoms with Crippen LogP contribution in [0.25, 0.3) is 0 Å². The molecular weight excluding hydrogens is 408 g/mol. The van der Waals surface area contributed by atoms with E-state index in [1.165, 1.54) is 23.7 Å². The largest absolute Gasteiger partial charge is 0.493 e. The zero-order chi connectivity index (χ0) is 21.5. The molecule has 2 aliphatic rings. The van der Waals surface area contributed by atoms with E-state index in [4.69, 9.17) is 4.74 Å². The number of carbonyl (C=O) groups excluding carboxylic acids is 1. The summed E-state index contributed by atoms with van der Waals surface area (Å²) >= 11 is 1.30. The zero-order valence-corrected chi connectivity index (χ0v) is 17.9. The number of carbonyl (C=O) groups is 1. The van der Waals surface area contributed by atoms with Gasteiger partial charge in [-0.1, -0.05) is 30.0 Å². The van der Waals surface area contributed by atoms with Crippen molar-refractivity contribution in [2.45, 2.75) is 18.2 Å². The molecule has 8 heteroatoms. The van der Waals surface area contributed by atoms with Gasteiger partial charge in [-0.2, -0.15) is 5.10 Å². The van der Waals surface area contributed by atoms with E-state index in [1.807, 2.05) is 38.4 Å². The molecule has 2 aromatic rings. The number of nitrogens with zero attached hydrogens (tertiary/aromatic N) is 3. The fourth-order valence-corrected chi connectivity index (χ4v) is 5.55. The van der Waals surface area contributed by atoms with Gasteiger partial charge in [0.2, 0.25) is 5.91 Å². The molecule has 0 saturated heterocycles. The van der Waals surface area contributed by atoms with Gasteiger partial charge in [-0.05, 0) is 51.3 Å². The highest BCUT2D eigenvalue weighted by Crippen LogP contribution is 2.57. The van der Waals surface area contributed by atoms with E-state index in [0.717, 1.165) is 36.7 Å². The Hall–Kier alpha value is -2.45. The van der Waals surface area contributed by atoms with Crippen LogP contribution in [0.5, 0.6) is 5.75 Å². The Kier molecular flexibility index (Phi) is 5.55. The molecule has 0 saturated carbocycles. The minimum absolute atomic E-state index is 0.0541. The Morgan fingerprint density at radius 3 is 2.80 bits per heavy atom. The van der Waals surface area contributed by atoms with Crippen molar-refractivity contribution in [2.75, 3.05) is 27.2 Å². The van der Waals surface area contributed by atoms with Crippen LogP contribution < -0.4 is 4.74 Å². The summed E-state index contributed by atoms with van der Waals surface area (Å²) in [6, 6.07) is 10.8. The van der Waals surface area contributed by atoms with Crippen LogP contribution in [0.2, 0.25) is 0 Å². The van der Waals surface area contributed by atoms with Crippen molar-refractivity contribution in [1.29, 1.82) is 0 Å². The van der Waals surface area contributed by atoms with Crippen molar-refractivity contribution in [1.82, 2.24) is 9.91 Å². The van der Waals surface area contributed by atoms with Crippen molar-refractivity contribution in [2.24, 2.45) is 11.0 Å². The molecule has 2 aliphatic heterocycles. The van der Waals surface area contributed by atoms with E-state index in [1.54, 1.807) is 0 Å². The average molecular weight is 432 g/mol. The van der Waals surface area contributed by atoms with Crippen molar-refractivity contribution < 1.29 is 18.3 Å². The van der Waals surface area contributed by atoms with Gasteiger partial charge in [0.05, 0.1) is 6.61 Å². The third-order valence-corrected chi connectivity index (χ3v) is 6.94. The first-order chi connectivity index (χ1) is 14.3. The highest BCUT2D eigenvalue weighted by atomic mass is 32.2. The van der Waals surface area contributed by atoms with E-state index in [-0.39, 0.29) is 22.4 Å². The highest BCUT2D eigenvalue weighted by molar-refractivity contribution is 8.15. The van der Waals surface area contributed by atoms with Crippen molar-refractivity contribution >= 4 is 22.7 Å². The molecule has 0 fully saturated rings. The second-order valence-corrected chi connectivity index (χ2v) is 8.97. The van der Waals surface area contributed by atoms with Gasteiger partial charge < -0.3 is 9.64 Å². The SMILES string of the molecule is CC(=O)N1N=C(c2cc(F)ccc2F)S[C@@]12c1ccccc1OC[C@H]2CCN(C)C. The number of benzene rings is 2. The standard InChI is InChI=1S/C22H23F2N3O2S/c1-14(28)27-22(30-21(25-27)17-12-16(23)8-9-19(17)24)15(10-11-26(2)3)13-29-20-7-5-4-6-18(20)22/h4-9,12,15H,10-11,13H2,1-3H3/t15-,22+/m1/s1. The molecule has 30 heavy (non-hydrogen) atoms. The molecule has 0 radical (unpaired) electrons. The summed E-state index contributed by atoms with van der Waals surface area (Å²) in [4.78, 5) is 13.9. The molecule has 0 bridgehead atoms. The number of ether oxygens (including phenoxy) is 1. The van der Waals surface area contributed by atoms with Crippen LogP contribution in [-0.2, 0) is 9.67 Å². The maximum Gasteiger partial charge on any atom is 0.241 e. The van der Waals surface area contributed by atoms with Crippen LogP contribution >= 0.6 is 11.8 Å². The Morgan fingerprint density at radius 1 is 1.30 bits per heavy atom. The molecule has 0 unspecified atom stereocenters. The lowest BCUT2D eigenvalue weighted by Crippen LogP contribution is -2.51. The summed E-state index contributed by atoms with van der Waals surface area (Å²) in [7, 11) is 3.97. The van der Waals surface area contributed by atoms with Crippen LogP contribution in [0.1, 0.15) is 24.5 Å². The molecule has 158 valence electrons. The third-order valence-electron chi connectivity index (χ3n) is 5.41. The number of hydrogen-bond donors (Lipinski definition) is 0. The van der Waals surface area contributed by atoms with Crippen LogP contribution in [0.4, 0.5) is 8.78 Å². The van der Waals surface area contributed by atoms with Gasteiger partial charge in [-0.3, -0.25) is 4.79 Å². The lowest BCUT2D eigenvalue weighted by molar-refractivity contribution is -0.134. The monoisotopic (exact) mass is 431 g/mol. The third kappa shape index (κ3) is 3.48. The van der Waals surface area contributed by atoms with Crippen LogP contribution in [0.15, 0.2) is 47.6 Å². The number of para-hydroxylation sites is 1. The first-order valence-corrected chi connectivity index (χ1v) is 10.6. The highest BCUT2D eigenvalue weighted by Gasteiger charge is 2.56. The number of hydrazone groups is 1. The fraction of sp³-hybridized carbons (Fsp3) is 0.364. The van der Waals surface area contributed by atoms with Crippen LogP contribution in [0.3, 0.4) is 0 Å². The summed E-state index contributed by atoms with van der Waals surface area (Å²) in [5.74, 6) is -0.814. The smallest absolute Gasteiger partial charge is 0.241 e. The van der Waals surface area contributed by atoms with Gasteiger partial charge in [-0.15, -0.1) is 0 Å². The van der Waals surface area contributed by atoms with Gasteiger partial charge in [0, 0.05) is 24.0 Å². The zero-order valence-electron chi connectivity index (χ0n) is 17.1. The first kappa shape index (κ1) is 20.8. The van der Waals surface area contributed by atoms with Crippen LogP contribution in [0, 0.1) is 17.6 Å². The van der Waals surface area contributed by atoms with E-state index >= 15 is 0 Å². The molecule has 1 spiro atoms. The van der Waals surface area contributed by atoms with Crippen molar-refractivity contribution in [3.8, 4) is 5.75 Å². The van der Waals surface area contributed by atoms with E-state index < -0.39 is 16.5 Å². The molecule has 0 aliphatic carbocycles. The number of rotatable bonds is 4. The topological polar surface area (TPSA) is 45.1 Å². The fourth-order valence-electron chi connectivity index (χ4n) is 3.98. The first-order valence-electron chi connectivity index (χ1n) is 9.74. The van der Waals surface area contributed by atoms with Crippen LogP contribution in [-0.4, -0.2) is 48.1 Å². The Balaban J connectivity index is 1.85. The Morgan fingerprint density at radius 2 is 2.07 bits per heavy atom. The number of fused-ring (bicyclic) bond motifs is 2. The molecule has 4 rings (SSSR count). The average Bonchev–Trinajstić information content (AvgIpc) is 3.10. The molecule has 2 heterocycles. The van der Waals surface area contributed by atoms with Gasteiger partial charge in [0.15, 0.2) is 4.87 Å². The van der Waals surface area contributed by atoms with Crippen molar-refractivity contribution in [3.63, 3.8) is 0 Å².